The molecule has 3 heteroatoms. The van der Waals surface area contributed by atoms with Gasteiger partial charge in [-0.2, -0.15) is 0 Å². The lowest BCUT2D eigenvalue weighted by atomic mass is 9.92. The Bertz CT molecular complexity index is 425. The van der Waals surface area contributed by atoms with Crippen LogP contribution < -0.4 is 5.73 Å². The average Bonchev–Trinajstić information content (AvgIpc) is 2.40. The van der Waals surface area contributed by atoms with Crippen molar-refractivity contribution in [1.29, 1.82) is 0 Å². The van der Waals surface area contributed by atoms with Crippen molar-refractivity contribution in [3.8, 4) is 0 Å². The van der Waals surface area contributed by atoms with Gasteiger partial charge in [-0.3, -0.25) is 4.90 Å². The molecular formula is C17H28N2O. The molecule has 1 aliphatic heterocycles. The van der Waals surface area contributed by atoms with Gasteiger partial charge >= 0.3 is 0 Å². The Labute approximate surface area is 123 Å². The highest BCUT2D eigenvalue weighted by Crippen LogP contribution is 2.30. The van der Waals surface area contributed by atoms with E-state index in [1.165, 1.54) is 11.1 Å². The molecule has 112 valence electrons. The van der Waals surface area contributed by atoms with E-state index in [1.807, 2.05) is 0 Å². The lowest BCUT2D eigenvalue weighted by Crippen LogP contribution is -2.51. The second-order valence-corrected chi connectivity index (χ2v) is 6.08. The summed E-state index contributed by atoms with van der Waals surface area (Å²) in [6.45, 7) is 10.6. The molecule has 1 heterocycles. The Morgan fingerprint density at radius 2 is 1.85 bits per heavy atom. The van der Waals surface area contributed by atoms with E-state index in [1.54, 1.807) is 0 Å². The first-order valence-electron chi connectivity index (χ1n) is 7.73. The van der Waals surface area contributed by atoms with Crippen LogP contribution in [0.25, 0.3) is 0 Å². The quantitative estimate of drug-likeness (QED) is 0.919. The third-order valence-corrected chi connectivity index (χ3v) is 4.23. The molecule has 0 aliphatic carbocycles. The zero-order valence-electron chi connectivity index (χ0n) is 13.2. The van der Waals surface area contributed by atoms with Crippen LogP contribution in [0, 0.1) is 6.92 Å². The van der Waals surface area contributed by atoms with Crippen molar-refractivity contribution < 1.29 is 4.74 Å². The second-order valence-electron chi connectivity index (χ2n) is 6.08. The second kappa shape index (κ2) is 6.70. The summed E-state index contributed by atoms with van der Waals surface area (Å²) < 4.78 is 5.86. The molecule has 1 saturated heterocycles. The summed E-state index contributed by atoms with van der Waals surface area (Å²) >= 11 is 0. The summed E-state index contributed by atoms with van der Waals surface area (Å²) in [6, 6.07) is 9.06. The van der Waals surface area contributed by atoms with Crippen molar-refractivity contribution in [3.63, 3.8) is 0 Å². The first-order valence-corrected chi connectivity index (χ1v) is 7.73. The lowest BCUT2D eigenvalue weighted by Gasteiger charge is -2.43. The van der Waals surface area contributed by atoms with Gasteiger partial charge in [-0.1, -0.05) is 31.2 Å². The van der Waals surface area contributed by atoms with Gasteiger partial charge in [0.2, 0.25) is 0 Å². The van der Waals surface area contributed by atoms with Crippen LogP contribution in [0.15, 0.2) is 24.3 Å². The van der Waals surface area contributed by atoms with Gasteiger partial charge in [0.05, 0.1) is 18.2 Å². The number of hydrogen-bond donors (Lipinski definition) is 1. The van der Waals surface area contributed by atoms with Crippen LogP contribution in [0.3, 0.4) is 0 Å². The molecule has 0 spiro atoms. The summed E-state index contributed by atoms with van der Waals surface area (Å²) in [7, 11) is 0. The standard InChI is InChI=1S/C17H28N2O/c1-5-16(18)17(15-9-7-6-8-12(15)2)19-10-13(3)20-14(4)11-19/h6-9,13-14,16-17H,5,10-11,18H2,1-4H3. The zero-order valence-corrected chi connectivity index (χ0v) is 13.2. The third kappa shape index (κ3) is 3.40. The van der Waals surface area contributed by atoms with E-state index < -0.39 is 0 Å². The molecule has 3 nitrogen and oxygen atoms in total. The molecule has 0 saturated carbocycles. The van der Waals surface area contributed by atoms with Crippen LogP contribution in [-0.2, 0) is 4.74 Å². The minimum Gasteiger partial charge on any atom is -0.373 e. The number of rotatable bonds is 4. The molecule has 1 fully saturated rings. The molecule has 0 aromatic heterocycles. The van der Waals surface area contributed by atoms with Crippen molar-refractivity contribution in [2.75, 3.05) is 13.1 Å². The number of ether oxygens (including phenoxy) is 1. The fraction of sp³-hybridized carbons (Fsp3) is 0.647. The Morgan fingerprint density at radius 1 is 1.25 bits per heavy atom. The first kappa shape index (κ1) is 15.5. The van der Waals surface area contributed by atoms with E-state index in [4.69, 9.17) is 10.5 Å². The van der Waals surface area contributed by atoms with Crippen molar-refractivity contribution >= 4 is 0 Å². The van der Waals surface area contributed by atoms with Crippen LogP contribution >= 0.6 is 0 Å². The molecular weight excluding hydrogens is 248 g/mol. The Balaban J connectivity index is 2.30. The van der Waals surface area contributed by atoms with Gasteiger partial charge in [-0.05, 0) is 38.3 Å². The summed E-state index contributed by atoms with van der Waals surface area (Å²) in [4.78, 5) is 2.51. The minimum absolute atomic E-state index is 0.161. The highest BCUT2D eigenvalue weighted by molar-refractivity contribution is 5.30. The van der Waals surface area contributed by atoms with Crippen LogP contribution in [-0.4, -0.2) is 36.2 Å². The highest BCUT2D eigenvalue weighted by Gasteiger charge is 2.32. The smallest absolute Gasteiger partial charge is 0.0678 e. The predicted molar refractivity (Wildman–Crippen MR) is 83.8 cm³/mol. The number of nitrogens with two attached hydrogens (primary N) is 1. The van der Waals surface area contributed by atoms with Crippen LogP contribution in [0.1, 0.15) is 44.4 Å². The van der Waals surface area contributed by atoms with Crippen LogP contribution in [0.2, 0.25) is 0 Å². The monoisotopic (exact) mass is 276 g/mol. The summed E-state index contributed by atoms with van der Waals surface area (Å²) in [5.74, 6) is 0. The zero-order chi connectivity index (χ0) is 14.7. The van der Waals surface area contributed by atoms with E-state index in [-0.39, 0.29) is 24.3 Å². The molecule has 4 unspecified atom stereocenters. The predicted octanol–water partition coefficient (Wildman–Crippen LogP) is 2.88. The number of nitrogens with zero attached hydrogens (tertiary/aromatic N) is 1. The number of benzene rings is 1. The molecule has 2 N–H and O–H groups in total. The maximum Gasteiger partial charge on any atom is 0.0678 e. The molecule has 20 heavy (non-hydrogen) atoms. The van der Waals surface area contributed by atoms with Gasteiger partial charge in [0, 0.05) is 19.1 Å². The summed E-state index contributed by atoms with van der Waals surface area (Å²) in [6.07, 6.45) is 1.53. The Morgan fingerprint density at radius 3 is 2.40 bits per heavy atom. The van der Waals surface area contributed by atoms with Crippen molar-refractivity contribution in [2.45, 2.75) is 58.4 Å². The van der Waals surface area contributed by atoms with E-state index >= 15 is 0 Å². The molecule has 0 radical (unpaired) electrons. The van der Waals surface area contributed by atoms with Crippen molar-refractivity contribution in [3.05, 3.63) is 35.4 Å². The fourth-order valence-electron chi connectivity index (χ4n) is 3.28. The molecule has 2 rings (SSSR count). The Hall–Kier alpha value is -0.900. The van der Waals surface area contributed by atoms with Gasteiger partial charge in [-0.25, -0.2) is 0 Å². The minimum atomic E-state index is 0.161. The highest BCUT2D eigenvalue weighted by atomic mass is 16.5. The fourth-order valence-corrected chi connectivity index (χ4v) is 3.28. The van der Waals surface area contributed by atoms with Gasteiger partial charge in [0.1, 0.15) is 0 Å². The van der Waals surface area contributed by atoms with Crippen LogP contribution in [0.5, 0.6) is 0 Å². The van der Waals surface area contributed by atoms with Gasteiger partial charge in [-0.15, -0.1) is 0 Å². The number of hydrogen-bond acceptors (Lipinski definition) is 3. The molecule has 4 atom stereocenters. The molecule has 1 aliphatic rings. The topological polar surface area (TPSA) is 38.5 Å². The SMILES string of the molecule is CCC(N)C(c1ccccc1C)N1CC(C)OC(C)C1. The van der Waals surface area contributed by atoms with E-state index in [2.05, 4.69) is 56.9 Å². The molecule has 0 amide bonds. The van der Waals surface area contributed by atoms with Gasteiger partial charge in [0.15, 0.2) is 0 Å². The van der Waals surface area contributed by atoms with Crippen molar-refractivity contribution in [1.82, 2.24) is 4.90 Å². The summed E-state index contributed by atoms with van der Waals surface area (Å²) in [5, 5.41) is 0. The van der Waals surface area contributed by atoms with Gasteiger partial charge in [0.25, 0.3) is 0 Å². The van der Waals surface area contributed by atoms with E-state index in [9.17, 15) is 0 Å². The molecule has 0 bridgehead atoms. The average molecular weight is 276 g/mol. The van der Waals surface area contributed by atoms with Crippen molar-refractivity contribution in [2.24, 2.45) is 5.73 Å². The maximum absolute atomic E-state index is 6.46. The third-order valence-electron chi connectivity index (χ3n) is 4.23. The molecule has 1 aromatic rings. The van der Waals surface area contributed by atoms with E-state index in [0.29, 0.717) is 0 Å². The normalized spacial score (nSPS) is 27.2. The maximum atomic E-state index is 6.46. The largest absolute Gasteiger partial charge is 0.373 e. The number of morpholine rings is 1. The van der Waals surface area contributed by atoms with E-state index in [0.717, 1.165) is 19.5 Å². The van der Waals surface area contributed by atoms with Gasteiger partial charge < -0.3 is 10.5 Å². The Kier molecular flexibility index (Phi) is 5.19. The first-order chi connectivity index (χ1) is 9.52. The summed E-state index contributed by atoms with van der Waals surface area (Å²) in [5.41, 5.74) is 9.15. The molecule has 1 aromatic carbocycles. The number of aryl methyl sites for hydroxylation is 1. The lowest BCUT2D eigenvalue weighted by molar-refractivity contribution is -0.0839. The van der Waals surface area contributed by atoms with Crippen LogP contribution in [0.4, 0.5) is 0 Å².